The van der Waals surface area contributed by atoms with Crippen molar-refractivity contribution in [3.63, 3.8) is 0 Å². The van der Waals surface area contributed by atoms with E-state index >= 15 is 0 Å². The van der Waals surface area contributed by atoms with Crippen LogP contribution in [0.2, 0.25) is 0 Å². The molecular weight excluding hydrogens is 192 g/mol. The largest absolute Gasteiger partial charge is 0.394 e. The molecule has 3 N–H and O–H groups in total. The average molecular weight is 212 g/mol. The van der Waals surface area contributed by atoms with Crippen molar-refractivity contribution in [1.82, 2.24) is 15.0 Å². The van der Waals surface area contributed by atoms with Gasteiger partial charge in [-0.3, -0.25) is 0 Å². The topological polar surface area (TPSA) is 77.0 Å². The fraction of sp³-hybridized carbons (Fsp3) is 0.800. The van der Waals surface area contributed by atoms with Crippen LogP contribution in [0, 0.1) is 5.92 Å². The Labute approximate surface area is 90.3 Å². The Kier molecular flexibility index (Phi) is 4.71. The minimum Gasteiger partial charge on any atom is -0.394 e. The van der Waals surface area contributed by atoms with Crippen LogP contribution in [-0.2, 0) is 19.5 Å². The number of hydrogen-bond acceptors (Lipinski definition) is 4. The molecule has 0 aliphatic rings. The molecule has 0 atom stereocenters. The van der Waals surface area contributed by atoms with Gasteiger partial charge in [-0.1, -0.05) is 19.1 Å². The molecule has 1 aromatic rings. The smallest absolute Gasteiger partial charge is 0.0994 e. The van der Waals surface area contributed by atoms with Gasteiger partial charge in [-0.2, -0.15) is 0 Å². The molecule has 0 radical (unpaired) electrons. The highest BCUT2D eigenvalue weighted by atomic mass is 16.3. The van der Waals surface area contributed by atoms with Crippen LogP contribution >= 0.6 is 0 Å². The van der Waals surface area contributed by atoms with E-state index < -0.39 is 0 Å². The van der Waals surface area contributed by atoms with Crippen molar-refractivity contribution in [3.05, 3.63) is 11.4 Å². The molecule has 15 heavy (non-hydrogen) atoms. The van der Waals surface area contributed by atoms with Gasteiger partial charge in [-0.25, -0.2) is 4.68 Å². The zero-order valence-electron chi connectivity index (χ0n) is 9.48. The van der Waals surface area contributed by atoms with E-state index in [1.807, 2.05) is 0 Å². The monoisotopic (exact) mass is 212 g/mol. The van der Waals surface area contributed by atoms with E-state index in [-0.39, 0.29) is 6.61 Å². The molecule has 0 fully saturated rings. The van der Waals surface area contributed by atoms with Crippen molar-refractivity contribution in [3.8, 4) is 0 Å². The summed E-state index contributed by atoms with van der Waals surface area (Å²) < 4.78 is 1.75. The van der Waals surface area contributed by atoms with Crippen molar-refractivity contribution in [2.45, 2.75) is 39.8 Å². The molecule has 1 rings (SSSR count). The highest BCUT2D eigenvalue weighted by Crippen LogP contribution is 2.11. The van der Waals surface area contributed by atoms with Crippen LogP contribution in [0.25, 0.3) is 0 Å². The third-order valence-corrected chi connectivity index (χ3v) is 2.38. The van der Waals surface area contributed by atoms with E-state index in [0.717, 1.165) is 24.2 Å². The van der Waals surface area contributed by atoms with Crippen molar-refractivity contribution in [2.24, 2.45) is 11.7 Å². The first kappa shape index (κ1) is 12.1. The van der Waals surface area contributed by atoms with Gasteiger partial charge in [0.1, 0.15) is 0 Å². The van der Waals surface area contributed by atoms with E-state index in [0.29, 0.717) is 19.0 Å². The molecular formula is C10H20N4O. The van der Waals surface area contributed by atoms with Crippen molar-refractivity contribution in [1.29, 1.82) is 0 Å². The predicted molar refractivity (Wildman–Crippen MR) is 58.2 cm³/mol. The van der Waals surface area contributed by atoms with Gasteiger partial charge in [-0.05, 0) is 18.8 Å². The van der Waals surface area contributed by atoms with Gasteiger partial charge in [0.15, 0.2) is 0 Å². The van der Waals surface area contributed by atoms with Crippen molar-refractivity contribution >= 4 is 0 Å². The Balaban J connectivity index is 2.75. The number of rotatable bonds is 6. The lowest BCUT2D eigenvalue weighted by atomic mass is 10.1. The second-order valence-corrected chi connectivity index (χ2v) is 4.07. The summed E-state index contributed by atoms with van der Waals surface area (Å²) in [4.78, 5) is 0. The summed E-state index contributed by atoms with van der Waals surface area (Å²) in [5, 5.41) is 16.9. The SMILES string of the molecule is CC(C)CCc1c(CN)nnn1CCO. The van der Waals surface area contributed by atoms with Gasteiger partial charge in [0, 0.05) is 6.54 Å². The number of nitrogens with zero attached hydrogens (tertiary/aromatic N) is 3. The maximum absolute atomic E-state index is 8.88. The summed E-state index contributed by atoms with van der Waals surface area (Å²) in [5.74, 6) is 0.646. The van der Waals surface area contributed by atoms with Crippen LogP contribution in [0.3, 0.4) is 0 Å². The zero-order valence-corrected chi connectivity index (χ0v) is 9.48. The predicted octanol–water partition coefficient (Wildman–Crippen LogP) is 0.318. The summed E-state index contributed by atoms with van der Waals surface area (Å²) in [6.07, 6.45) is 2.02. The molecule has 5 heteroatoms. The number of aliphatic hydroxyl groups is 1. The van der Waals surface area contributed by atoms with Gasteiger partial charge in [0.25, 0.3) is 0 Å². The lowest BCUT2D eigenvalue weighted by Gasteiger charge is -2.07. The Morgan fingerprint density at radius 1 is 1.47 bits per heavy atom. The molecule has 0 aromatic carbocycles. The summed E-state index contributed by atoms with van der Waals surface area (Å²) in [5.41, 5.74) is 7.51. The molecule has 0 unspecified atom stereocenters. The number of nitrogens with two attached hydrogens (primary N) is 1. The van der Waals surface area contributed by atoms with Crippen LogP contribution in [0.15, 0.2) is 0 Å². The Hall–Kier alpha value is -0.940. The second-order valence-electron chi connectivity index (χ2n) is 4.07. The van der Waals surface area contributed by atoms with Gasteiger partial charge in [0.05, 0.1) is 24.5 Å². The van der Waals surface area contributed by atoms with E-state index in [1.54, 1.807) is 4.68 Å². The number of aromatic nitrogens is 3. The first-order valence-corrected chi connectivity index (χ1v) is 5.41. The Bertz CT molecular complexity index is 296. The van der Waals surface area contributed by atoms with Crippen LogP contribution < -0.4 is 5.73 Å². The Morgan fingerprint density at radius 2 is 2.20 bits per heavy atom. The highest BCUT2D eigenvalue weighted by molar-refractivity contribution is 5.10. The van der Waals surface area contributed by atoms with Gasteiger partial charge in [-0.15, -0.1) is 5.10 Å². The normalized spacial score (nSPS) is 11.3. The molecule has 5 nitrogen and oxygen atoms in total. The zero-order chi connectivity index (χ0) is 11.3. The van der Waals surface area contributed by atoms with E-state index in [2.05, 4.69) is 24.2 Å². The molecule has 0 spiro atoms. The lowest BCUT2D eigenvalue weighted by Crippen LogP contribution is -2.11. The third kappa shape index (κ3) is 3.28. The lowest BCUT2D eigenvalue weighted by molar-refractivity contribution is 0.265. The molecule has 0 saturated heterocycles. The third-order valence-electron chi connectivity index (χ3n) is 2.38. The molecule has 0 amide bonds. The van der Waals surface area contributed by atoms with Crippen molar-refractivity contribution in [2.75, 3.05) is 6.61 Å². The first-order chi connectivity index (χ1) is 7.19. The fourth-order valence-corrected chi connectivity index (χ4v) is 1.50. The molecule has 0 bridgehead atoms. The molecule has 0 aliphatic heterocycles. The molecule has 1 aromatic heterocycles. The minimum atomic E-state index is 0.0854. The van der Waals surface area contributed by atoms with Crippen LogP contribution in [0.4, 0.5) is 0 Å². The van der Waals surface area contributed by atoms with Gasteiger partial charge in [0.2, 0.25) is 0 Å². The number of aliphatic hydroxyl groups excluding tert-OH is 1. The average Bonchev–Trinajstić information content (AvgIpc) is 2.58. The summed E-state index contributed by atoms with van der Waals surface area (Å²) in [7, 11) is 0. The maximum atomic E-state index is 8.88. The summed E-state index contributed by atoms with van der Waals surface area (Å²) >= 11 is 0. The standard InChI is InChI=1S/C10H20N4O/c1-8(2)3-4-10-9(7-11)12-13-14(10)5-6-15/h8,15H,3-7,11H2,1-2H3. The fourth-order valence-electron chi connectivity index (χ4n) is 1.50. The van der Waals surface area contributed by atoms with E-state index in [4.69, 9.17) is 10.8 Å². The Morgan fingerprint density at radius 3 is 2.73 bits per heavy atom. The second kappa shape index (κ2) is 5.82. The van der Waals surface area contributed by atoms with Crippen LogP contribution in [0.5, 0.6) is 0 Å². The molecule has 86 valence electrons. The van der Waals surface area contributed by atoms with Gasteiger partial charge < -0.3 is 10.8 Å². The van der Waals surface area contributed by atoms with E-state index in [1.165, 1.54) is 0 Å². The van der Waals surface area contributed by atoms with Gasteiger partial charge >= 0.3 is 0 Å². The van der Waals surface area contributed by atoms with Crippen LogP contribution in [0.1, 0.15) is 31.7 Å². The quantitative estimate of drug-likeness (QED) is 0.712. The molecule has 0 aliphatic carbocycles. The summed E-state index contributed by atoms with van der Waals surface area (Å²) in [6, 6.07) is 0. The molecule has 0 saturated carbocycles. The highest BCUT2D eigenvalue weighted by Gasteiger charge is 2.11. The summed E-state index contributed by atoms with van der Waals surface area (Å²) in [6.45, 7) is 5.37. The van der Waals surface area contributed by atoms with Crippen LogP contribution in [-0.4, -0.2) is 26.7 Å². The minimum absolute atomic E-state index is 0.0854. The molecule has 1 heterocycles. The first-order valence-electron chi connectivity index (χ1n) is 5.41. The van der Waals surface area contributed by atoms with E-state index in [9.17, 15) is 0 Å². The maximum Gasteiger partial charge on any atom is 0.0994 e. The number of hydrogen-bond donors (Lipinski definition) is 2. The van der Waals surface area contributed by atoms with Crippen molar-refractivity contribution < 1.29 is 5.11 Å².